The molecule has 0 fully saturated rings. The fourth-order valence-corrected chi connectivity index (χ4v) is 2.33. The summed E-state index contributed by atoms with van der Waals surface area (Å²) in [7, 11) is 0. The Morgan fingerprint density at radius 1 is 1.32 bits per heavy atom. The summed E-state index contributed by atoms with van der Waals surface area (Å²) in [6.07, 6.45) is 0. The maximum Gasteiger partial charge on any atom is 0.147 e. The van der Waals surface area contributed by atoms with Crippen LogP contribution < -0.4 is 11.1 Å². The van der Waals surface area contributed by atoms with Crippen molar-refractivity contribution in [2.45, 2.75) is 6.92 Å². The van der Waals surface area contributed by atoms with Crippen molar-refractivity contribution >= 4 is 44.5 Å². The molecule has 3 N–H and O–H groups in total. The van der Waals surface area contributed by atoms with Crippen LogP contribution in [0, 0.1) is 12.7 Å². The Morgan fingerprint density at radius 3 is 2.68 bits per heavy atom. The van der Waals surface area contributed by atoms with Gasteiger partial charge < -0.3 is 11.1 Å². The van der Waals surface area contributed by atoms with E-state index in [1.54, 1.807) is 12.1 Å². The molecule has 0 unspecified atom stereocenters. The van der Waals surface area contributed by atoms with Gasteiger partial charge in [-0.2, -0.15) is 0 Å². The minimum atomic E-state index is -0.344. The molecule has 0 amide bonds. The summed E-state index contributed by atoms with van der Waals surface area (Å²) in [5.74, 6) is -0.344. The van der Waals surface area contributed by atoms with E-state index >= 15 is 0 Å². The van der Waals surface area contributed by atoms with Crippen LogP contribution in [-0.4, -0.2) is 4.99 Å². The lowest BCUT2D eigenvalue weighted by molar-refractivity contribution is 0.631. The van der Waals surface area contributed by atoms with Crippen molar-refractivity contribution in [1.29, 1.82) is 0 Å². The van der Waals surface area contributed by atoms with Crippen LogP contribution in [0.25, 0.3) is 0 Å². The van der Waals surface area contributed by atoms with Crippen LogP contribution in [0.2, 0.25) is 0 Å². The van der Waals surface area contributed by atoms with Crippen molar-refractivity contribution in [3.63, 3.8) is 0 Å². The molecule has 98 valence electrons. The topological polar surface area (TPSA) is 38.0 Å². The number of nitrogens with one attached hydrogen (secondary N) is 1. The van der Waals surface area contributed by atoms with E-state index in [1.165, 1.54) is 6.07 Å². The number of aryl methyl sites for hydroxylation is 1. The molecule has 2 aromatic carbocycles. The summed E-state index contributed by atoms with van der Waals surface area (Å²) < 4.78 is 14.4. The third-order valence-corrected chi connectivity index (χ3v) is 3.54. The fourth-order valence-electron chi connectivity index (χ4n) is 1.72. The van der Waals surface area contributed by atoms with Gasteiger partial charge >= 0.3 is 0 Å². The second-order valence-electron chi connectivity index (χ2n) is 4.13. The molecule has 5 heteroatoms. The largest absolute Gasteiger partial charge is 0.389 e. The van der Waals surface area contributed by atoms with Crippen LogP contribution in [0.5, 0.6) is 0 Å². The molecule has 2 rings (SSSR count). The molecule has 0 spiro atoms. The van der Waals surface area contributed by atoms with E-state index in [-0.39, 0.29) is 10.8 Å². The molecule has 0 saturated carbocycles. The maximum atomic E-state index is 13.8. The van der Waals surface area contributed by atoms with E-state index in [2.05, 4.69) is 21.2 Å². The number of halogens is 2. The van der Waals surface area contributed by atoms with E-state index in [4.69, 9.17) is 18.0 Å². The van der Waals surface area contributed by atoms with E-state index in [0.717, 1.165) is 5.56 Å². The van der Waals surface area contributed by atoms with Gasteiger partial charge in [-0.3, -0.25) is 0 Å². The molecule has 0 bridgehead atoms. The number of para-hydroxylation sites is 1. The number of hydrogen-bond donors (Lipinski definition) is 2. The smallest absolute Gasteiger partial charge is 0.147 e. The Labute approximate surface area is 124 Å². The number of nitrogens with two attached hydrogens (primary N) is 1. The van der Waals surface area contributed by atoms with Crippen LogP contribution in [0.1, 0.15) is 11.1 Å². The minimum Gasteiger partial charge on any atom is -0.389 e. The first-order chi connectivity index (χ1) is 8.99. The van der Waals surface area contributed by atoms with Gasteiger partial charge in [0.2, 0.25) is 0 Å². The Hall–Kier alpha value is -1.46. The highest BCUT2D eigenvalue weighted by Gasteiger charge is 2.10. The molecule has 0 radical (unpaired) electrons. The molecule has 2 aromatic rings. The van der Waals surface area contributed by atoms with E-state index in [9.17, 15) is 4.39 Å². The second-order valence-corrected chi connectivity index (χ2v) is 5.43. The average Bonchev–Trinajstić information content (AvgIpc) is 2.35. The molecule has 0 atom stereocenters. The molecule has 0 aliphatic heterocycles. The lowest BCUT2D eigenvalue weighted by atomic mass is 10.1. The zero-order valence-electron chi connectivity index (χ0n) is 10.2. The van der Waals surface area contributed by atoms with Gasteiger partial charge in [0.25, 0.3) is 0 Å². The van der Waals surface area contributed by atoms with Gasteiger partial charge in [-0.05, 0) is 47.1 Å². The van der Waals surface area contributed by atoms with Crippen molar-refractivity contribution in [2.24, 2.45) is 5.73 Å². The Kier molecular flexibility index (Phi) is 4.17. The van der Waals surface area contributed by atoms with Gasteiger partial charge in [-0.1, -0.05) is 29.9 Å². The number of benzene rings is 2. The average molecular weight is 339 g/mol. The molecule has 0 saturated heterocycles. The maximum absolute atomic E-state index is 13.8. The first kappa shape index (κ1) is 14.0. The molecule has 2 nitrogen and oxygen atoms in total. The first-order valence-corrected chi connectivity index (χ1v) is 6.80. The molecule has 0 aliphatic carbocycles. The summed E-state index contributed by atoms with van der Waals surface area (Å²) in [5.41, 5.74) is 8.49. The van der Waals surface area contributed by atoms with Gasteiger partial charge in [0.15, 0.2) is 0 Å². The lowest BCUT2D eigenvalue weighted by Crippen LogP contribution is -2.12. The van der Waals surface area contributed by atoms with Crippen LogP contribution in [-0.2, 0) is 0 Å². The van der Waals surface area contributed by atoms with Crippen LogP contribution in [0.4, 0.5) is 15.8 Å². The monoisotopic (exact) mass is 338 g/mol. The number of rotatable bonds is 3. The van der Waals surface area contributed by atoms with Crippen molar-refractivity contribution in [3.8, 4) is 0 Å². The summed E-state index contributed by atoms with van der Waals surface area (Å²) in [6, 6.07) is 10.4. The van der Waals surface area contributed by atoms with Crippen molar-refractivity contribution in [2.75, 3.05) is 5.32 Å². The van der Waals surface area contributed by atoms with Gasteiger partial charge in [0.1, 0.15) is 10.8 Å². The zero-order valence-corrected chi connectivity index (χ0v) is 12.6. The van der Waals surface area contributed by atoms with Crippen LogP contribution >= 0.6 is 28.1 Å². The third kappa shape index (κ3) is 3.11. The third-order valence-electron chi connectivity index (χ3n) is 2.66. The van der Waals surface area contributed by atoms with E-state index in [0.29, 0.717) is 21.4 Å². The van der Waals surface area contributed by atoms with Gasteiger partial charge in [0.05, 0.1) is 5.69 Å². The van der Waals surface area contributed by atoms with Crippen LogP contribution in [0.3, 0.4) is 0 Å². The summed E-state index contributed by atoms with van der Waals surface area (Å²) in [5, 5.41) is 3.03. The van der Waals surface area contributed by atoms with Gasteiger partial charge in [0, 0.05) is 15.7 Å². The lowest BCUT2D eigenvalue weighted by Gasteiger charge is -2.14. The summed E-state index contributed by atoms with van der Waals surface area (Å²) in [4.78, 5) is 0.277. The van der Waals surface area contributed by atoms with E-state index < -0.39 is 0 Å². The molecule has 0 aliphatic rings. The SMILES string of the molecule is Cc1ccc(Nc2c(F)cccc2Br)c(C(N)=S)c1. The quantitative estimate of drug-likeness (QED) is 0.820. The second kappa shape index (κ2) is 5.67. The predicted molar refractivity (Wildman–Crippen MR) is 84.4 cm³/mol. The normalized spacial score (nSPS) is 10.3. The highest BCUT2D eigenvalue weighted by molar-refractivity contribution is 9.10. The number of hydrogen-bond acceptors (Lipinski definition) is 2. The number of thiocarbonyl (C=S) groups is 1. The van der Waals surface area contributed by atoms with Crippen molar-refractivity contribution < 1.29 is 4.39 Å². The summed E-state index contributed by atoms with van der Waals surface area (Å²) >= 11 is 8.34. The van der Waals surface area contributed by atoms with Crippen molar-refractivity contribution in [1.82, 2.24) is 0 Å². The predicted octanol–water partition coefficient (Wildman–Crippen LogP) is 4.27. The summed E-state index contributed by atoms with van der Waals surface area (Å²) in [6.45, 7) is 1.95. The molecule has 0 heterocycles. The molecule has 19 heavy (non-hydrogen) atoms. The highest BCUT2D eigenvalue weighted by atomic mass is 79.9. The Bertz CT molecular complexity index is 623. The Morgan fingerprint density at radius 2 is 2.05 bits per heavy atom. The molecular weight excluding hydrogens is 327 g/mol. The zero-order chi connectivity index (χ0) is 14.0. The number of anilines is 2. The van der Waals surface area contributed by atoms with Crippen LogP contribution in [0.15, 0.2) is 40.9 Å². The van der Waals surface area contributed by atoms with Gasteiger partial charge in [-0.25, -0.2) is 4.39 Å². The van der Waals surface area contributed by atoms with Crippen molar-refractivity contribution in [3.05, 3.63) is 57.8 Å². The standard InChI is InChI=1S/C14H12BrFN2S/c1-8-5-6-12(9(7-8)14(17)19)18-13-10(15)3-2-4-11(13)16/h2-7,18H,1H3,(H2,17,19). The molecular formula is C14H12BrFN2S. The highest BCUT2D eigenvalue weighted by Crippen LogP contribution is 2.30. The molecule has 0 aromatic heterocycles. The minimum absolute atomic E-state index is 0.277. The fraction of sp³-hybridized carbons (Fsp3) is 0.0714. The first-order valence-electron chi connectivity index (χ1n) is 5.60. The van der Waals surface area contributed by atoms with Gasteiger partial charge in [-0.15, -0.1) is 0 Å². The Balaban J connectivity index is 2.47. The van der Waals surface area contributed by atoms with E-state index in [1.807, 2.05) is 25.1 Å².